The summed E-state index contributed by atoms with van der Waals surface area (Å²) in [5.74, 6) is -5.94. The molecule has 6 nitrogen and oxygen atoms in total. The van der Waals surface area contributed by atoms with Crippen molar-refractivity contribution in [2.24, 2.45) is 0 Å². The molecule has 2 unspecified atom stereocenters. The van der Waals surface area contributed by atoms with E-state index in [1.807, 2.05) is 0 Å². The van der Waals surface area contributed by atoms with Gasteiger partial charge in [0.25, 0.3) is 0 Å². The molecule has 0 aromatic rings. The molecule has 0 heterocycles. The lowest BCUT2D eigenvalue weighted by Gasteiger charge is -2.46. The minimum Gasteiger partial charge on any atom is -0.459 e. The molecular formula is C18H20F6O6. The van der Waals surface area contributed by atoms with Gasteiger partial charge in [-0.05, 0) is 13.8 Å². The van der Waals surface area contributed by atoms with E-state index in [1.165, 1.54) is 6.92 Å². The lowest BCUT2D eigenvalue weighted by molar-refractivity contribution is -0.221. The Morgan fingerprint density at radius 3 is 2.00 bits per heavy atom. The molecule has 0 aliphatic heterocycles. The Bertz CT molecular complexity index is 740. The summed E-state index contributed by atoms with van der Waals surface area (Å²) in [6, 6.07) is 0. The zero-order valence-corrected chi connectivity index (χ0v) is 16.2. The van der Waals surface area contributed by atoms with E-state index in [9.17, 15) is 40.7 Å². The number of hydrogen-bond acceptors (Lipinski definition) is 6. The summed E-state index contributed by atoms with van der Waals surface area (Å²) < 4.78 is 88.8. The van der Waals surface area contributed by atoms with Crippen molar-refractivity contribution in [3.05, 3.63) is 24.3 Å². The van der Waals surface area contributed by atoms with Gasteiger partial charge in [-0.1, -0.05) is 18.7 Å². The van der Waals surface area contributed by atoms with Gasteiger partial charge in [0, 0.05) is 31.3 Å². The van der Waals surface area contributed by atoms with Gasteiger partial charge in [-0.3, -0.25) is 0 Å². The highest BCUT2D eigenvalue weighted by molar-refractivity contribution is 5.87. The van der Waals surface area contributed by atoms with E-state index in [2.05, 4.69) is 22.6 Å². The second-order valence-electron chi connectivity index (χ2n) is 7.35. The third-order valence-corrected chi connectivity index (χ3v) is 4.14. The van der Waals surface area contributed by atoms with Crippen LogP contribution in [0.1, 0.15) is 39.5 Å². The van der Waals surface area contributed by atoms with E-state index in [4.69, 9.17) is 4.74 Å². The van der Waals surface area contributed by atoms with Crippen molar-refractivity contribution in [2.75, 3.05) is 6.61 Å². The molecule has 0 spiro atoms. The standard InChI is InChI=1S/C18H20F6O6/c1-10(2)12(25)29-16(5-6-28-13(26)17(19,20)21)8-11(3)7-15(4,9-16)30-14(27)18(22,23)24/h1,3,5-9H2,2,4H3. The summed E-state index contributed by atoms with van der Waals surface area (Å²) in [6.07, 6.45) is -11.9. The smallest absolute Gasteiger partial charge is 0.459 e. The molecule has 0 aromatic carbocycles. The van der Waals surface area contributed by atoms with Crippen LogP contribution in [0.2, 0.25) is 0 Å². The van der Waals surface area contributed by atoms with Crippen molar-refractivity contribution in [1.82, 2.24) is 0 Å². The maximum Gasteiger partial charge on any atom is 0.490 e. The lowest BCUT2D eigenvalue weighted by Crippen LogP contribution is -2.51. The second kappa shape index (κ2) is 8.68. The molecule has 2 atom stereocenters. The van der Waals surface area contributed by atoms with E-state index in [0.29, 0.717) is 0 Å². The number of carbonyl (C=O) groups excluding carboxylic acids is 3. The summed E-state index contributed by atoms with van der Waals surface area (Å²) >= 11 is 0. The molecule has 0 bridgehead atoms. The topological polar surface area (TPSA) is 78.9 Å². The van der Waals surface area contributed by atoms with Gasteiger partial charge in [-0.2, -0.15) is 26.3 Å². The van der Waals surface area contributed by atoms with E-state index in [1.54, 1.807) is 0 Å². The number of esters is 3. The highest BCUT2D eigenvalue weighted by atomic mass is 19.4. The Morgan fingerprint density at radius 2 is 1.53 bits per heavy atom. The van der Waals surface area contributed by atoms with Crippen LogP contribution in [0.15, 0.2) is 24.3 Å². The van der Waals surface area contributed by atoms with Crippen LogP contribution < -0.4 is 0 Å². The molecule has 0 N–H and O–H groups in total. The van der Waals surface area contributed by atoms with Gasteiger partial charge in [0.15, 0.2) is 0 Å². The van der Waals surface area contributed by atoms with Crippen LogP contribution in [0.25, 0.3) is 0 Å². The number of ether oxygens (including phenoxy) is 3. The fourth-order valence-corrected chi connectivity index (χ4v) is 3.20. The molecule has 0 aromatic heterocycles. The second-order valence-corrected chi connectivity index (χ2v) is 7.35. The van der Waals surface area contributed by atoms with Gasteiger partial charge in [0.2, 0.25) is 0 Å². The Labute approximate surface area is 167 Å². The van der Waals surface area contributed by atoms with Crippen LogP contribution in [0.5, 0.6) is 0 Å². The van der Waals surface area contributed by atoms with Gasteiger partial charge >= 0.3 is 30.3 Å². The molecule has 0 radical (unpaired) electrons. The average Bonchev–Trinajstić information content (AvgIpc) is 2.51. The highest BCUT2D eigenvalue weighted by Crippen LogP contribution is 2.45. The molecule has 1 fully saturated rings. The van der Waals surface area contributed by atoms with E-state index < -0.39 is 60.9 Å². The zero-order chi connectivity index (χ0) is 23.5. The molecule has 12 heteroatoms. The Kier molecular flexibility index (Phi) is 7.38. The van der Waals surface area contributed by atoms with Crippen molar-refractivity contribution < 1.29 is 54.9 Å². The minimum absolute atomic E-state index is 0.0909. The molecule has 0 saturated heterocycles. The highest BCUT2D eigenvalue weighted by Gasteiger charge is 2.52. The van der Waals surface area contributed by atoms with E-state index in [0.717, 1.165) is 6.92 Å². The third-order valence-electron chi connectivity index (χ3n) is 4.14. The van der Waals surface area contributed by atoms with Crippen LogP contribution in [0.4, 0.5) is 26.3 Å². The number of carbonyl (C=O) groups is 3. The summed E-state index contributed by atoms with van der Waals surface area (Å²) in [5.41, 5.74) is -3.44. The van der Waals surface area contributed by atoms with Crippen LogP contribution >= 0.6 is 0 Å². The first-order chi connectivity index (χ1) is 13.4. The lowest BCUT2D eigenvalue weighted by atomic mass is 9.72. The van der Waals surface area contributed by atoms with Crippen LogP contribution in [-0.4, -0.2) is 48.1 Å². The minimum atomic E-state index is -5.29. The fourth-order valence-electron chi connectivity index (χ4n) is 3.20. The van der Waals surface area contributed by atoms with Crippen molar-refractivity contribution in [2.45, 2.75) is 63.1 Å². The number of hydrogen-bond donors (Lipinski definition) is 0. The third kappa shape index (κ3) is 7.06. The molecule has 1 aliphatic carbocycles. The Balaban J connectivity index is 3.13. The summed E-state index contributed by atoms with van der Waals surface area (Å²) in [5, 5.41) is 0. The number of rotatable bonds is 6. The van der Waals surface area contributed by atoms with Gasteiger partial charge in [-0.25, -0.2) is 14.4 Å². The van der Waals surface area contributed by atoms with Crippen molar-refractivity contribution >= 4 is 17.9 Å². The molecule has 1 rings (SSSR count). The first-order valence-corrected chi connectivity index (χ1v) is 8.49. The molecule has 30 heavy (non-hydrogen) atoms. The largest absolute Gasteiger partial charge is 0.490 e. The Hall–Kier alpha value is -2.53. The van der Waals surface area contributed by atoms with Crippen molar-refractivity contribution in [1.29, 1.82) is 0 Å². The summed E-state index contributed by atoms with van der Waals surface area (Å²) in [7, 11) is 0. The predicted molar refractivity (Wildman–Crippen MR) is 88.8 cm³/mol. The van der Waals surface area contributed by atoms with Gasteiger partial charge in [0.1, 0.15) is 11.2 Å². The first-order valence-electron chi connectivity index (χ1n) is 8.49. The van der Waals surface area contributed by atoms with E-state index >= 15 is 0 Å². The molecular weight excluding hydrogens is 426 g/mol. The Morgan fingerprint density at radius 1 is 1.00 bits per heavy atom. The van der Waals surface area contributed by atoms with Crippen LogP contribution in [-0.2, 0) is 28.6 Å². The van der Waals surface area contributed by atoms with Gasteiger partial charge in [0.05, 0.1) is 6.61 Å². The number of halogens is 6. The molecule has 0 amide bonds. The van der Waals surface area contributed by atoms with E-state index in [-0.39, 0.29) is 24.0 Å². The quantitative estimate of drug-likeness (QED) is 0.202. The first kappa shape index (κ1) is 25.5. The monoisotopic (exact) mass is 446 g/mol. The normalized spacial score (nSPS) is 24.7. The van der Waals surface area contributed by atoms with Crippen LogP contribution in [0, 0.1) is 0 Å². The predicted octanol–water partition coefficient (Wildman–Crippen LogP) is 3.94. The van der Waals surface area contributed by atoms with Crippen molar-refractivity contribution in [3.63, 3.8) is 0 Å². The SMILES string of the molecule is C=C1CC(C)(OC(=O)C(F)(F)F)CC(CCOC(=O)C(F)(F)F)(OC(=O)C(=C)C)C1. The fraction of sp³-hybridized carbons (Fsp3) is 0.611. The molecule has 1 saturated carbocycles. The van der Waals surface area contributed by atoms with Crippen LogP contribution in [0.3, 0.4) is 0 Å². The maximum atomic E-state index is 12.6. The maximum absolute atomic E-state index is 12.6. The summed E-state index contributed by atoms with van der Waals surface area (Å²) in [4.78, 5) is 34.3. The van der Waals surface area contributed by atoms with Crippen molar-refractivity contribution in [3.8, 4) is 0 Å². The number of alkyl halides is 6. The zero-order valence-electron chi connectivity index (χ0n) is 16.2. The molecule has 170 valence electrons. The van der Waals surface area contributed by atoms with Gasteiger partial charge in [-0.15, -0.1) is 0 Å². The summed E-state index contributed by atoms with van der Waals surface area (Å²) in [6.45, 7) is 8.56. The van der Waals surface area contributed by atoms with Gasteiger partial charge < -0.3 is 14.2 Å². The average molecular weight is 446 g/mol. The molecule has 1 aliphatic rings.